The second-order valence-corrected chi connectivity index (χ2v) is 4.81. The molecule has 4 heteroatoms. The molecule has 0 aliphatic rings. The van der Waals surface area contributed by atoms with Crippen LogP contribution >= 0.6 is 0 Å². The number of carbonyl (C=O) groups is 2. The molecule has 19 heavy (non-hydrogen) atoms. The summed E-state index contributed by atoms with van der Waals surface area (Å²) < 4.78 is 4.98. The van der Waals surface area contributed by atoms with Gasteiger partial charge >= 0.3 is 11.9 Å². The zero-order valence-corrected chi connectivity index (χ0v) is 11.6. The monoisotopic (exact) mass is 264 g/mol. The lowest BCUT2D eigenvalue weighted by atomic mass is 9.72. The molecule has 1 rings (SSSR count). The molecule has 0 saturated carbocycles. The summed E-state index contributed by atoms with van der Waals surface area (Å²) >= 11 is 0. The number of carboxylic acid groups (broad SMARTS) is 1. The molecule has 0 fully saturated rings. The van der Waals surface area contributed by atoms with Crippen molar-refractivity contribution in [3.05, 3.63) is 35.9 Å². The van der Waals surface area contributed by atoms with Gasteiger partial charge in [-0.25, -0.2) is 0 Å². The van der Waals surface area contributed by atoms with Gasteiger partial charge in [0.15, 0.2) is 5.41 Å². The largest absolute Gasteiger partial charge is 0.480 e. The molecule has 0 aromatic heterocycles. The molecule has 1 N–H and O–H groups in total. The highest BCUT2D eigenvalue weighted by Crippen LogP contribution is 2.34. The molecule has 0 bridgehead atoms. The number of aliphatic carboxylic acids is 1. The van der Waals surface area contributed by atoms with E-state index < -0.39 is 17.4 Å². The fraction of sp³-hybridized carbons (Fsp3) is 0.467. The van der Waals surface area contributed by atoms with Crippen molar-refractivity contribution in [2.75, 3.05) is 6.61 Å². The van der Waals surface area contributed by atoms with Crippen LogP contribution in [-0.4, -0.2) is 23.7 Å². The predicted molar refractivity (Wildman–Crippen MR) is 71.7 cm³/mol. The average molecular weight is 264 g/mol. The highest BCUT2D eigenvalue weighted by atomic mass is 16.5. The minimum Gasteiger partial charge on any atom is -0.480 e. The summed E-state index contributed by atoms with van der Waals surface area (Å²) in [4.78, 5) is 23.8. The quantitative estimate of drug-likeness (QED) is 0.633. The summed E-state index contributed by atoms with van der Waals surface area (Å²) in [6, 6.07) is 9.14. The van der Waals surface area contributed by atoms with Gasteiger partial charge in [-0.05, 0) is 24.8 Å². The second kappa shape index (κ2) is 6.36. The van der Waals surface area contributed by atoms with Gasteiger partial charge in [-0.1, -0.05) is 44.2 Å². The summed E-state index contributed by atoms with van der Waals surface area (Å²) in [6.45, 7) is 5.31. The molecular formula is C15H20O4. The van der Waals surface area contributed by atoms with Gasteiger partial charge in [-0.2, -0.15) is 0 Å². The van der Waals surface area contributed by atoms with Crippen molar-refractivity contribution in [3.8, 4) is 0 Å². The van der Waals surface area contributed by atoms with E-state index in [1.807, 2.05) is 30.3 Å². The molecule has 0 spiro atoms. The van der Waals surface area contributed by atoms with Crippen LogP contribution in [0.5, 0.6) is 0 Å². The van der Waals surface area contributed by atoms with Gasteiger partial charge in [-0.15, -0.1) is 0 Å². The number of carbonyl (C=O) groups excluding carboxylic acids is 1. The van der Waals surface area contributed by atoms with E-state index in [2.05, 4.69) is 0 Å². The maximum Gasteiger partial charge on any atom is 0.324 e. The van der Waals surface area contributed by atoms with Crippen LogP contribution in [0.2, 0.25) is 0 Å². The molecular weight excluding hydrogens is 244 g/mol. The van der Waals surface area contributed by atoms with Crippen LogP contribution in [0, 0.1) is 11.3 Å². The SMILES string of the molecule is CCOC(=O)C(Cc1ccccc1)(C(=O)O)C(C)C. The molecule has 104 valence electrons. The van der Waals surface area contributed by atoms with Crippen LogP contribution in [0.15, 0.2) is 30.3 Å². The van der Waals surface area contributed by atoms with Crippen LogP contribution in [0.4, 0.5) is 0 Å². The minimum absolute atomic E-state index is 0.139. The summed E-state index contributed by atoms with van der Waals surface area (Å²) in [7, 11) is 0. The first kappa shape index (κ1) is 15.2. The smallest absolute Gasteiger partial charge is 0.324 e. The number of ether oxygens (including phenoxy) is 1. The van der Waals surface area contributed by atoms with Gasteiger partial charge in [0.2, 0.25) is 0 Å². The van der Waals surface area contributed by atoms with Crippen molar-refractivity contribution in [3.63, 3.8) is 0 Å². The van der Waals surface area contributed by atoms with E-state index in [9.17, 15) is 14.7 Å². The molecule has 1 unspecified atom stereocenters. The standard InChI is InChI=1S/C15H20O4/c1-4-19-14(18)15(11(2)3,13(16)17)10-12-8-6-5-7-9-12/h5-9,11H,4,10H2,1-3H3,(H,16,17). The van der Waals surface area contributed by atoms with Gasteiger partial charge in [0, 0.05) is 0 Å². The molecule has 0 amide bonds. The first-order valence-electron chi connectivity index (χ1n) is 6.39. The van der Waals surface area contributed by atoms with Gasteiger partial charge in [0.25, 0.3) is 0 Å². The minimum atomic E-state index is -1.53. The van der Waals surface area contributed by atoms with Crippen LogP contribution in [-0.2, 0) is 20.7 Å². The first-order valence-corrected chi connectivity index (χ1v) is 6.39. The maximum atomic E-state index is 12.1. The zero-order chi connectivity index (χ0) is 14.5. The van der Waals surface area contributed by atoms with Crippen molar-refractivity contribution in [1.82, 2.24) is 0 Å². The Morgan fingerprint density at radius 2 is 1.84 bits per heavy atom. The Balaban J connectivity index is 3.17. The Morgan fingerprint density at radius 1 is 1.26 bits per heavy atom. The summed E-state index contributed by atoms with van der Waals surface area (Å²) in [5, 5.41) is 9.55. The Bertz CT molecular complexity index is 439. The Kier molecular flexibility index (Phi) is 5.10. The normalized spacial score (nSPS) is 13.9. The average Bonchev–Trinajstić information content (AvgIpc) is 2.36. The lowest BCUT2D eigenvalue weighted by molar-refractivity contribution is -0.172. The molecule has 0 saturated heterocycles. The number of hydrogen-bond acceptors (Lipinski definition) is 3. The summed E-state index contributed by atoms with van der Waals surface area (Å²) in [6.07, 6.45) is 0.139. The highest BCUT2D eigenvalue weighted by Gasteiger charge is 2.50. The third-order valence-electron chi connectivity index (χ3n) is 3.33. The molecule has 4 nitrogen and oxygen atoms in total. The van der Waals surface area contributed by atoms with Crippen molar-refractivity contribution >= 4 is 11.9 Å². The number of carboxylic acids is 1. The molecule has 1 atom stereocenters. The molecule has 1 aromatic rings. The Morgan fingerprint density at radius 3 is 2.26 bits per heavy atom. The maximum absolute atomic E-state index is 12.1. The van der Waals surface area contributed by atoms with E-state index in [0.717, 1.165) is 5.56 Å². The van der Waals surface area contributed by atoms with Crippen LogP contribution in [0.1, 0.15) is 26.3 Å². The van der Waals surface area contributed by atoms with E-state index in [0.29, 0.717) is 0 Å². The van der Waals surface area contributed by atoms with E-state index in [4.69, 9.17) is 4.74 Å². The van der Waals surface area contributed by atoms with E-state index >= 15 is 0 Å². The number of benzene rings is 1. The highest BCUT2D eigenvalue weighted by molar-refractivity contribution is 5.99. The third kappa shape index (κ3) is 3.13. The van der Waals surface area contributed by atoms with Gasteiger partial charge in [0.1, 0.15) is 0 Å². The lowest BCUT2D eigenvalue weighted by Crippen LogP contribution is -2.46. The van der Waals surface area contributed by atoms with E-state index in [1.54, 1.807) is 20.8 Å². The van der Waals surface area contributed by atoms with Crippen molar-refractivity contribution < 1.29 is 19.4 Å². The van der Waals surface area contributed by atoms with E-state index in [1.165, 1.54) is 0 Å². The first-order chi connectivity index (χ1) is 8.95. The zero-order valence-electron chi connectivity index (χ0n) is 11.6. The fourth-order valence-corrected chi connectivity index (χ4v) is 2.10. The predicted octanol–water partition coefficient (Wildman–Crippen LogP) is 2.52. The van der Waals surface area contributed by atoms with E-state index in [-0.39, 0.29) is 18.9 Å². The molecule has 0 radical (unpaired) electrons. The van der Waals surface area contributed by atoms with Crippen LogP contribution in [0.3, 0.4) is 0 Å². The molecule has 0 heterocycles. The Labute approximate surface area is 113 Å². The second-order valence-electron chi connectivity index (χ2n) is 4.81. The van der Waals surface area contributed by atoms with Crippen LogP contribution < -0.4 is 0 Å². The summed E-state index contributed by atoms with van der Waals surface area (Å²) in [5.41, 5.74) is -0.719. The van der Waals surface area contributed by atoms with Crippen LogP contribution in [0.25, 0.3) is 0 Å². The summed E-state index contributed by atoms with van der Waals surface area (Å²) in [5.74, 6) is -2.16. The number of esters is 1. The number of rotatable bonds is 6. The van der Waals surface area contributed by atoms with Crippen molar-refractivity contribution in [2.24, 2.45) is 11.3 Å². The lowest BCUT2D eigenvalue weighted by Gasteiger charge is -2.30. The third-order valence-corrected chi connectivity index (χ3v) is 3.33. The molecule has 0 aliphatic heterocycles. The fourth-order valence-electron chi connectivity index (χ4n) is 2.10. The molecule has 0 aliphatic carbocycles. The number of hydrogen-bond donors (Lipinski definition) is 1. The van der Waals surface area contributed by atoms with Gasteiger partial charge in [-0.3, -0.25) is 9.59 Å². The topological polar surface area (TPSA) is 63.6 Å². The van der Waals surface area contributed by atoms with Gasteiger partial charge < -0.3 is 9.84 Å². The van der Waals surface area contributed by atoms with Gasteiger partial charge in [0.05, 0.1) is 6.61 Å². The molecule has 1 aromatic carbocycles. The van der Waals surface area contributed by atoms with Crippen molar-refractivity contribution in [2.45, 2.75) is 27.2 Å². The van der Waals surface area contributed by atoms with Crippen molar-refractivity contribution in [1.29, 1.82) is 0 Å². The Hall–Kier alpha value is -1.84.